The Bertz CT molecular complexity index is 668. The van der Waals surface area contributed by atoms with E-state index in [-0.39, 0.29) is 5.56 Å². The highest BCUT2D eigenvalue weighted by Crippen LogP contribution is 2.31. The summed E-state index contributed by atoms with van der Waals surface area (Å²) in [6.45, 7) is 5.96. The van der Waals surface area contributed by atoms with E-state index < -0.39 is 0 Å². The Morgan fingerprint density at radius 1 is 1.20 bits per heavy atom. The third-order valence-electron chi connectivity index (χ3n) is 6.44. The first-order valence-corrected chi connectivity index (χ1v) is 9.94. The molecule has 0 aromatic carbocycles. The lowest BCUT2D eigenvalue weighted by atomic mass is 9.84. The summed E-state index contributed by atoms with van der Waals surface area (Å²) in [6.07, 6.45) is 5.04. The SMILES string of the molecule is CN(C)[C@H]1CCCCN(Cc2ccc3n(c2=O)C[C@@H]2CNC[C@H]3C2)C1. The molecule has 138 valence electrons. The number of likely N-dealkylation sites (N-methyl/N-ethyl adjacent to an activating group) is 1. The minimum absolute atomic E-state index is 0.264. The molecular weight excluding hydrogens is 312 g/mol. The van der Waals surface area contributed by atoms with Crippen molar-refractivity contribution in [1.29, 1.82) is 0 Å². The number of pyridine rings is 1. The lowest BCUT2D eigenvalue weighted by Gasteiger charge is -2.37. The molecule has 5 heteroatoms. The first-order valence-electron chi connectivity index (χ1n) is 9.94. The lowest BCUT2D eigenvalue weighted by molar-refractivity contribution is 0.190. The predicted octanol–water partition coefficient (Wildman–Crippen LogP) is 1.47. The van der Waals surface area contributed by atoms with Gasteiger partial charge in [0.25, 0.3) is 5.56 Å². The summed E-state index contributed by atoms with van der Waals surface area (Å²) in [6, 6.07) is 4.94. The van der Waals surface area contributed by atoms with E-state index in [9.17, 15) is 4.79 Å². The van der Waals surface area contributed by atoms with E-state index in [0.717, 1.165) is 44.8 Å². The number of nitrogens with zero attached hydrogens (tertiary/aromatic N) is 3. The molecule has 5 nitrogen and oxygen atoms in total. The molecule has 1 aromatic rings. The van der Waals surface area contributed by atoms with Gasteiger partial charge in [0.05, 0.1) is 0 Å². The molecule has 0 radical (unpaired) electrons. The van der Waals surface area contributed by atoms with Crippen molar-refractivity contribution in [1.82, 2.24) is 19.7 Å². The fourth-order valence-electron chi connectivity index (χ4n) is 4.96. The monoisotopic (exact) mass is 344 g/mol. The van der Waals surface area contributed by atoms with Gasteiger partial charge in [-0.05, 0) is 58.4 Å². The molecule has 3 aliphatic rings. The zero-order valence-corrected chi connectivity index (χ0v) is 15.7. The normalized spacial score (nSPS) is 30.1. The number of aromatic nitrogens is 1. The second-order valence-corrected chi connectivity index (χ2v) is 8.50. The van der Waals surface area contributed by atoms with Gasteiger partial charge in [-0.25, -0.2) is 0 Å². The first kappa shape index (κ1) is 17.3. The summed E-state index contributed by atoms with van der Waals surface area (Å²) in [7, 11) is 4.35. The fraction of sp³-hybridized carbons (Fsp3) is 0.750. The maximum atomic E-state index is 13.1. The van der Waals surface area contributed by atoms with Gasteiger partial charge >= 0.3 is 0 Å². The van der Waals surface area contributed by atoms with Gasteiger partial charge in [0.2, 0.25) is 0 Å². The van der Waals surface area contributed by atoms with Crippen molar-refractivity contribution < 1.29 is 0 Å². The van der Waals surface area contributed by atoms with Gasteiger partial charge in [0, 0.05) is 49.4 Å². The molecule has 0 spiro atoms. The van der Waals surface area contributed by atoms with Crippen molar-refractivity contribution in [2.45, 2.75) is 50.7 Å². The van der Waals surface area contributed by atoms with Crippen molar-refractivity contribution in [3.8, 4) is 0 Å². The fourth-order valence-corrected chi connectivity index (χ4v) is 4.96. The molecule has 3 atom stereocenters. The molecule has 1 aromatic heterocycles. The number of nitrogens with one attached hydrogen (secondary N) is 1. The van der Waals surface area contributed by atoms with E-state index in [2.05, 4.69) is 45.9 Å². The smallest absolute Gasteiger partial charge is 0.255 e. The van der Waals surface area contributed by atoms with Gasteiger partial charge in [-0.15, -0.1) is 0 Å². The summed E-state index contributed by atoms with van der Waals surface area (Å²) >= 11 is 0. The Morgan fingerprint density at radius 2 is 2.08 bits per heavy atom. The van der Waals surface area contributed by atoms with E-state index in [1.54, 1.807) is 0 Å². The summed E-state index contributed by atoms with van der Waals surface area (Å²) in [4.78, 5) is 18.0. The van der Waals surface area contributed by atoms with Crippen LogP contribution in [-0.4, -0.2) is 60.7 Å². The molecule has 0 amide bonds. The van der Waals surface area contributed by atoms with E-state index in [1.165, 1.54) is 31.4 Å². The van der Waals surface area contributed by atoms with Crippen LogP contribution in [0.25, 0.3) is 0 Å². The predicted molar refractivity (Wildman–Crippen MR) is 101 cm³/mol. The topological polar surface area (TPSA) is 40.5 Å². The second-order valence-electron chi connectivity index (χ2n) is 8.50. The number of rotatable bonds is 3. The third-order valence-corrected chi connectivity index (χ3v) is 6.44. The molecule has 4 rings (SSSR count). The quantitative estimate of drug-likeness (QED) is 0.902. The summed E-state index contributed by atoms with van der Waals surface area (Å²) in [5, 5.41) is 3.52. The van der Waals surface area contributed by atoms with E-state index in [0.29, 0.717) is 17.9 Å². The molecule has 4 heterocycles. The standard InChI is InChI=1S/C20H32N4O/c1-22(2)18-5-3-4-8-23(14-18)13-16-6-7-19-17-9-15(10-21-11-17)12-24(19)20(16)25/h6-7,15,17-18,21H,3-5,8-14H2,1-2H3/t15-,17+,18-/m0/s1. The van der Waals surface area contributed by atoms with Gasteiger partial charge in [-0.1, -0.05) is 12.5 Å². The van der Waals surface area contributed by atoms with Crippen LogP contribution in [0.5, 0.6) is 0 Å². The Hall–Kier alpha value is -1.17. The molecule has 2 fully saturated rings. The van der Waals surface area contributed by atoms with Crippen LogP contribution in [0.4, 0.5) is 0 Å². The number of likely N-dealkylation sites (tertiary alicyclic amines) is 1. The van der Waals surface area contributed by atoms with Crippen molar-refractivity contribution in [2.24, 2.45) is 5.92 Å². The molecule has 0 saturated carbocycles. The summed E-state index contributed by atoms with van der Waals surface area (Å²) in [5.74, 6) is 1.14. The van der Waals surface area contributed by atoms with Crippen LogP contribution in [0.2, 0.25) is 0 Å². The molecule has 3 aliphatic heterocycles. The first-order chi connectivity index (χ1) is 12.1. The molecular formula is C20H32N4O. The highest BCUT2D eigenvalue weighted by atomic mass is 16.1. The van der Waals surface area contributed by atoms with Crippen molar-refractivity contribution in [3.63, 3.8) is 0 Å². The Labute approximate surface area is 151 Å². The number of hydrogen-bond donors (Lipinski definition) is 1. The van der Waals surface area contributed by atoms with Crippen LogP contribution in [-0.2, 0) is 13.1 Å². The average Bonchev–Trinajstić information content (AvgIpc) is 2.84. The minimum atomic E-state index is 0.264. The van der Waals surface area contributed by atoms with Crippen molar-refractivity contribution in [2.75, 3.05) is 40.3 Å². The van der Waals surface area contributed by atoms with Crippen LogP contribution >= 0.6 is 0 Å². The van der Waals surface area contributed by atoms with Crippen LogP contribution in [0.1, 0.15) is 42.9 Å². The highest BCUT2D eigenvalue weighted by molar-refractivity contribution is 5.22. The van der Waals surface area contributed by atoms with E-state index in [4.69, 9.17) is 0 Å². The number of hydrogen-bond acceptors (Lipinski definition) is 4. The minimum Gasteiger partial charge on any atom is -0.316 e. The number of fused-ring (bicyclic) bond motifs is 4. The van der Waals surface area contributed by atoms with Crippen LogP contribution in [0, 0.1) is 5.92 Å². The highest BCUT2D eigenvalue weighted by Gasteiger charge is 2.31. The van der Waals surface area contributed by atoms with Crippen LogP contribution < -0.4 is 10.9 Å². The second kappa shape index (κ2) is 7.22. The zero-order valence-electron chi connectivity index (χ0n) is 15.7. The number of piperidine rings is 1. The molecule has 2 bridgehead atoms. The Morgan fingerprint density at radius 3 is 2.92 bits per heavy atom. The average molecular weight is 345 g/mol. The van der Waals surface area contributed by atoms with Gasteiger partial charge in [-0.3, -0.25) is 9.69 Å². The Balaban J connectivity index is 1.55. The van der Waals surface area contributed by atoms with E-state index >= 15 is 0 Å². The van der Waals surface area contributed by atoms with Crippen molar-refractivity contribution in [3.05, 3.63) is 33.7 Å². The largest absolute Gasteiger partial charge is 0.316 e. The summed E-state index contributed by atoms with van der Waals surface area (Å²) < 4.78 is 2.09. The van der Waals surface area contributed by atoms with Gasteiger partial charge in [0.1, 0.15) is 0 Å². The summed E-state index contributed by atoms with van der Waals surface area (Å²) in [5.41, 5.74) is 2.50. The van der Waals surface area contributed by atoms with Gasteiger partial charge < -0.3 is 14.8 Å². The maximum Gasteiger partial charge on any atom is 0.255 e. The third kappa shape index (κ3) is 3.55. The van der Waals surface area contributed by atoms with Gasteiger partial charge in [-0.2, -0.15) is 0 Å². The molecule has 1 N–H and O–H groups in total. The molecule has 2 saturated heterocycles. The van der Waals surface area contributed by atoms with Crippen molar-refractivity contribution >= 4 is 0 Å². The molecule has 0 aliphatic carbocycles. The lowest BCUT2D eigenvalue weighted by Crippen LogP contribution is -2.46. The van der Waals surface area contributed by atoms with Gasteiger partial charge in [0.15, 0.2) is 0 Å². The van der Waals surface area contributed by atoms with E-state index in [1.807, 2.05) is 0 Å². The Kier molecular flexibility index (Phi) is 4.98. The molecule has 25 heavy (non-hydrogen) atoms. The maximum absolute atomic E-state index is 13.1. The van der Waals surface area contributed by atoms with Crippen LogP contribution in [0.3, 0.4) is 0 Å². The zero-order chi connectivity index (χ0) is 17.4. The van der Waals surface area contributed by atoms with Crippen LogP contribution in [0.15, 0.2) is 16.9 Å². The molecule has 0 unspecified atom stereocenters.